The zero-order chi connectivity index (χ0) is 20.6. The lowest BCUT2D eigenvalue weighted by Gasteiger charge is -2.25. The Hall–Kier alpha value is -2.19. The zero-order valence-corrected chi connectivity index (χ0v) is 17.1. The van der Waals surface area contributed by atoms with Crippen molar-refractivity contribution in [1.29, 1.82) is 0 Å². The van der Waals surface area contributed by atoms with E-state index in [2.05, 4.69) is 5.10 Å². The normalized spacial score (nSPS) is 23.2. The van der Waals surface area contributed by atoms with E-state index < -0.39 is 27.8 Å². The van der Waals surface area contributed by atoms with Crippen molar-refractivity contribution in [2.24, 2.45) is 11.8 Å². The Morgan fingerprint density at radius 1 is 1.14 bits per heavy atom. The van der Waals surface area contributed by atoms with Crippen molar-refractivity contribution < 1.29 is 17.2 Å². The second kappa shape index (κ2) is 6.15. The van der Waals surface area contributed by atoms with Gasteiger partial charge in [-0.05, 0) is 37.6 Å². The van der Waals surface area contributed by atoms with Crippen LogP contribution in [0.1, 0.15) is 12.0 Å². The molecule has 0 spiro atoms. The molecule has 152 valence electrons. The predicted octanol–water partition coefficient (Wildman–Crippen LogP) is 4.33. The van der Waals surface area contributed by atoms with Crippen molar-refractivity contribution >= 4 is 38.3 Å². The van der Waals surface area contributed by atoms with E-state index in [4.69, 9.17) is 11.6 Å². The first-order chi connectivity index (χ1) is 13.7. The van der Waals surface area contributed by atoms with Gasteiger partial charge in [0.05, 0.1) is 20.8 Å². The second-order valence-corrected chi connectivity index (χ2v) is 9.92. The van der Waals surface area contributed by atoms with Crippen LogP contribution in [-0.2, 0) is 10.0 Å². The highest BCUT2D eigenvalue weighted by atomic mass is 35.5. The van der Waals surface area contributed by atoms with Gasteiger partial charge in [-0.1, -0.05) is 35.4 Å². The first-order valence-electron chi connectivity index (χ1n) is 9.33. The van der Waals surface area contributed by atoms with E-state index in [9.17, 15) is 17.2 Å². The van der Waals surface area contributed by atoms with Gasteiger partial charge in [-0.25, -0.2) is 8.78 Å². The summed E-state index contributed by atoms with van der Waals surface area (Å²) in [5.74, 6) is -3.61. The summed E-state index contributed by atoms with van der Waals surface area (Å²) < 4.78 is 55.2. The molecule has 1 aliphatic carbocycles. The third kappa shape index (κ3) is 2.76. The van der Waals surface area contributed by atoms with Crippen LogP contribution < -0.4 is 4.90 Å². The highest BCUT2D eigenvalue weighted by Gasteiger charge is 2.69. The Morgan fingerprint density at radius 2 is 1.86 bits per heavy atom. The summed E-state index contributed by atoms with van der Waals surface area (Å²) in [6.07, 6.45) is 0.348. The second-order valence-electron chi connectivity index (χ2n) is 7.74. The zero-order valence-electron chi connectivity index (χ0n) is 15.5. The van der Waals surface area contributed by atoms with Gasteiger partial charge < -0.3 is 4.90 Å². The molecule has 1 saturated carbocycles. The average Bonchev–Trinajstić information content (AvgIpc) is 3.04. The van der Waals surface area contributed by atoms with Gasteiger partial charge in [0.25, 0.3) is 15.9 Å². The lowest BCUT2D eigenvalue weighted by molar-refractivity contribution is 0.0870. The molecule has 2 aromatic carbocycles. The molecule has 1 saturated heterocycles. The van der Waals surface area contributed by atoms with Crippen LogP contribution in [-0.4, -0.2) is 36.6 Å². The van der Waals surface area contributed by atoms with Gasteiger partial charge in [-0.3, -0.25) is 0 Å². The summed E-state index contributed by atoms with van der Waals surface area (Å²) in [6.45, 7) is 2.40. The highest BCUT2D eigenvalue weighted by molar-refractivity contribution is 7.90. The molecule has 5 nitrogen and oxygen atoms in total. The molecule has 2 unspecified atom stereocenters. The van der Waals surface area contributed by atoms with Crippen LogP contribution in [0.4, 0.5) is 14.6 Å². The summed E-state index contributed by atoms with van der Waals surface area (Å²) in [6, 6.07) is 11.4. The Morgan fingerprint density at radius 3 is 2.55 bits per heavy atom. The predicted molar refractivity (Wildman–Crippen MR) is 107 cm³/mol. The van der Waals surface area contributed by atoms with Crippen LogP contribution in [0.25, 0.3) is 10.9 Å². The summed E-state index contributed by atoms with van der Waals surface area (Å²) in [5.41, 5.74) is 1.27. The van der Waals surface area contributed by atoms with Gasteiger partial charge in [0.15, 0.2) is 5.82 Å². The highest BCUT2D eigenvalue weighted by Crippen LogP contribution is 2.59. The molecule has 0 radical (unpaired) electrons. The van der Waals surface area contributed by atoms with Crippen molar-refractivity contribution in [3.63, 3.8) is 0 Å². The molecule has 2 atom stereocenters. The fraction of sp³-hybridized carbons (Fsp3) is 0.350. The first-order valence-corrected chi connectivity index (χ1v) is 11.2. The molecule has 1 aliphatic heterocycles. The molecule has 2 aliphatic rings. The number of hydrogen-bond donors (Lipinski definition) is 0. The number of nitrogens with zero attached hydrogens (tertiary/aromatic N) is 3. The van der Waals surface area contributed by atoms with Crippen molar-refractivity contribution in [1.82, 2.24) is 9.19 Å². The third-order valence-corrected chi connectivity index (χ3v) is 7.86. The number of fused-ring (bicyclic) bond motifs is 2. The Kier molecular flexibility index (Phi) is 3.99. The molecular formula is C20H18ClF2N3O2S. The lowest BCUT2D eigenvalue weighted by Crippen LogP contribution is -2.32. The molecule has 0 bridgehead atoms. The molecule has 0 amide bonds. The van der Waals surface area contributed by atoms with Gasteiger partial charge in [-0.15, -0.1) is 5.10 Å². The van der Waals surface area contributed by atoms with E-state index in [1.54, 1.807) is 35.2 Å². The maximum Gasteiger partial charge on any atom is 0.283 e. The fourth-order valence-electron chi connectivity index (χ4n) is 4.22. The van der Waals surface area contributed by atoms with Crippen molar-refractivity contribution in [3.8, 4) is 0 Å². The molecule has 2 fully saturated rings. The van der Waals surface area contributed by atoms with Crippen molar-refractivity contribution in [3.05, 3.63) is 53.1 Å². The standard InChI is InChI=1S/C20H18ClF2N3O2S/c1-12-5-7-13(8-6-12)29(27,28)26-17-4-2-3-16(21)18(17)19(24-26)25-10-9-14-15(11-25)20(14,22)23/h2-8,14-15H,9-11H2,1H3. The third-order valence-electron chi connectivity index (χ3n) is 5.95. The number of rotatable bonds is 3. The number of piperidine rings is 1. The van der Waals surface area contributed by atoms with Crippen LogP contribution in [0.15, 0.2) is 47.4 Å². The maximum absolute atomic E-state index is 13.9. The Bertz CT molecular complexity index is 1220. The minimum Gasteiger partial charge on any atom is -0.354 e. The lowest BCUT2D eigenvalue weighted by atomic mass is 10.1. The molecule has 3 aromatic rings. The molecule has 5 rings (SSSR count). The van der Waals surface area contributed by atoms with Gasteiger partial charge >= 0.3 is 0 Å². The summed E-state index contributed by atoms with van der Waals surface area (Å²) in [4.78, 5) is 1.84. The number of aryl methyl sites for hydroxylation is 1. The number of benzene rings is 2. The minimum absolute atomic E-state index is 0.103. The number of hydrogen-bond acceptors (Lipinski definition) is 4. The minimum atomic E-state index is -3.97. The fourth-order valence-corrected chi connectivity index (χ4v) is 5.75. The molecular weight excluding hydrogens is 420 g/mol. The molecule has 9 heteroatoms. The number of halogens is 3. The Labute approximate surface area is 171 Å². The molecule has 1 aromatic heterocycles. The van der Waals surface area contributed by atoms with Crippen LogP contribution in [0, 0.1) is 18.8 Å². The molecule has 29 heavy (non-hydrogen) atoms. The number of anilines is 1. The van der Waals surface area contributed by atoms with Crippen LogP contribution in [0.3, 0.4) is 0 Å². The monoisotopic (exact) mass is 437 g/mol. The van der Waals surface area contributed by atoms with E-state index in [0.717, 1.165) is 9.65 Å². The summed E-state index contributed by atoms with van der Waals surface area (Å²) in [5, 5.41) is 5.18. The van der Waals surface area contributed by atoms with E-state index in [0.29, 0.717) is 34.7 Å². The van der Waals surface area contributed by atoms with Gasteiger partial charge in [0.2, 0.25) is 0 Å². The quantitative estimate of drug-likeness (QED) is 0.612. The van der Waals surface area contributed by atoms with E-state index in [-0.39, 0.29) is 11.4 Å². The van der Waals surface area contributed by atoms with Gasteiger partial charge in [0.1, 0.15) is 0 Å². The maximum atomic E-state index is 13.9. The van der Waals surface area contributed by atoms with Gasteiger partial charge in [-0.2, -0.15) is 12.5 Å². The topological polar surface area (TPSA) is 55.2 Å². The Balaban J connectivity index is 1.65. The average molecular weight is 438 g/mol. The number of alkyl halides is 2. The smallest absolute Gasteiger partial charge is 0.283 e. The molecule has 2 heterocycles. The van der Waals surface area contributed by atoms with Crippen LogP contribution >= 0.6 is 11.6 Å². The summed E-state index contributed by atoms with van der Waals surface area (Å²) in [7, 11) is -3.97. The van der Waals surface area contributed by atoms with E-state index >= 15 is 0 Å². The van der Waals surface area contributed by atoms with Crippen LogP contribution in [0.5, 0.6) is 0 Å². The van der Waals surface area contributed by atoms with Gasteiger partial charge in [0, 0.05) is 24.9 Å². The molecule has 0 N–H and O–H groups in total. The van der Waals surface area contributed by atoms with E-state index in [1.165, 1.54) is 12.1 Å². The van der Waals surface area contributed by atoms with Crippen molar-refractivity contribution in [2.45, 2.75) is 24.2 Å². The first kappa shape index (κ1) is 18.8. The van der Waals surface area contributed by atoms with Crippen molar-refractivity contribution in [2.75, 3.05) is 18.0 Å². The SMILES string of the molecule is Cc1ccc(S(=O)(=O)n2nc(N3CCC4C(C3)C4(F)F)c3c(Cl)cccc32)cc1. The summed E-state index contributed by atoms with van der Waals surface area (Å²) >= 11 is 6.39. The number of aromatic nitrogens is 2. The largest absolute Gasteiger partial charge is 0.354 e. The van der Waals surface area contributed by atoms with Crippen LogP contribution in [0.2, 0.25) is 5.02 Å². The van der Waals surface area contributed by atoms with E-state index in [1.807, 2.05) is 6.92 Å².